The molecule has 0 aliphatic carbocycles. The predicted octanol–water partition coefficient (Wildman–Crippen LogP) is 1.69. The second kappa shape index (κ2) is 6.94. The van der Waals surface area contributed by atoms with Gasteiger partial charge in [0.1, 0.15) is 0 Å². The van der Waals surface area contributed by atoms with Crippen molar-refractivity contribution in [2.75, 3.05) is 14.2 Å². The number of nitrogens with zero attached hydrogens (tertiary/aromatic N) is 2. The Bertz CT molecular complexity index is 573. The highest BCUT2D eigenvalue weighted by Gasteiger charge is 2.15. The first-order valence-corrected chi connectivity index (χ1v) is 6.61. The first kappa shape index (κ1) is 15.1. The number of nitrogens with two attached hydrogens (primary N) is 1. The summed E-state index contributed by atoms with van der Waals surface area (Å²) in [5.74, 6) is 2.63. The van der Waals surface area contributed by atoms with Crippen molar-refractivity contribution >= 4 is 0 Å². The van der Waals surface area contributed by atoms with Crippen LogP contribution in [-0.4, -0.2) is 24.4 Å². The highest BCUT2D eigenvalue weighted by atomic mass is 16.5. The van der Waals surface area contributed by atoms with Crippen molar-refractivity contribution in [3.63, 3.8) is 0 Å². The molecule has 0 aliphatic rings. The summed E-state index contributed by atoms with van der Waals surface area (Å²) in [6, 6.07) is 3.62. The average Bonchev–Trinajstić information content (AvgIpc) is 2.99. The molecule has 0 aliphatic heterocycles. The van der Waals surface area contributed by atoms with E-state index in [4.69, 9.17) is 24.5 Å². The lowest BCUT2D eigenvalue weighted by molar-refractivity contribution is 0.253. The first-order chi connectivity index (χ1) is 10.2. The lowest BCUT2D eigenvalue weighted by Gasteiger charge is -2.14. The van der Waals surface area contributed by atoms with Crippen LogP contribution in [-0.2, 0) is 19.6 Å². The number of benzene rings is 1. The van der Waals surface area contributed by atoms with Crippen LogP contribution in [0.5, 0.6) is 17.2 Å². The first-order valence-electron chi connectivity index (χ1n) is 6.61. The molecule has 7 nitrogen and oxygen atoms in total. The Morgan fingerprint density at radius 3 is 2.33 bits per heavy atom. The molecular formula is C14H19N3O4. The van der Waals surface area contributed by atoms with E-state index in [1.807, 2.05) is 19.1 Å². The average molecular weight is 293 g/mol. The number of rotatable bonds is 7. The normalized spacial score (nSPS) is 10.5. The van der Waals surface area contributed by atoms with E-state index in [-0.39, 0.29) is 6.61 Å². The van der Waals surface area contributed by atoms with E-state index in [1.54, 1.807) is 14.2 Å². The summed E-state index contributed by atoms with van der Waals surface area (Å²) in [6.45, 7) is 2.49. The molecule has 21 heavy (non-hydrogen) atoms. The van der Waals surface area contributed by atoms with Crippen LogP contribution in [0.1, 0.15) is 24.2 Å². The van der Waals surface area contributed by atoms with E-state index in [2.05, 4.69) is 10.1 Å². The topological polar surface area (TPSA) is 92.6 Å². The van der Waals surface area contributed by atoms with Gasteiger partial charge in [0.25, 0.3) is 0 Å². The molecule has 0 saturated heterocycles. The van der Waals surface area contributed by atoms with Gasteiger partial charge in [0, 0.05) is 13.0 Å². The molecule has 114 valence electrons. The summed E-state index contributed by atoms with van der Waals surface area (Å²) in [7, 11) is 3.12. The maximum atomic E-state index is 5.72. The number of aryl methyl sites for hydroxylation is 1. The minimum absolute atomic E-state index is 0.165. The second-order valence-electron chi connectivity index (χ2n) is 4.28. The van der Waals surface area contributed by atoms with Gasteiger partial charge in [0.05, 0.1) is 14.2 Å². The van der Waals surface area contributed by atoms with Crippen LogP contribution in [0.2, 0.25) is 0 Å². The third-order valence-corrected chi connectivity index (χ3v) is 2.91. The van der Waals surface area contributed by atoms with Gasteiger partial charge in [-0.15, -0.1) is 0 Å². The van der Waals surface area contributed by atoms with Gasteiger partial charge in [-0.3, -0.25) is 0 Å². The lowest BCUT2D eigenvalue weighted by Crippen LogP contribution is -2.04. The zero-order valence-electron chi connectivity index (χ0n) is 12.4. The number of hydrogen-bond acceptors (Lipinski definition) is 7. The third-order valence-electron chi connectivity index (χ3n) is 2.91. The van der Waals surface area contributed by atoms with E-state index in [9.17, 15) is 0 Å². The molecule has 2 aromatic rings. The van der Waals surface area contributed by atoms with E-state index < -0.39 is 0 Å². The summed E-state index contributed by atoms with van der Waals surface area (Å²) in [6.07, 6.45) is 0.685. The summed E-state index contributed by atoms with van der Waals surface area (Å²) < 4.78 is 21.4. The van der Waals surface area contributed by atoms with Crippen molar-refractivity contribution < 1.29 is 18.7 Å². The van der Waals surface area contributed by atoms with E-state index >= 15 is 0 Å². The monoisotopic (exact) mass is 293 g/mol. The largest absolute Gasteiger partial charge is 0.493 e. The Morgan fingerprint density at radius 2 is 1.86 bits per heavy atom. The quantitative estimate of drug-likeness (QED) is 0.830. The fraction of sp³-hybridized carbons (Fsp3) is 0.429. The van der Waals surface area contributed by atoms with Crippen molar-refractivity contribution in [2.45, 2.75) is 26.5 Å². The van der Waals surface area contributed by atoms with Crippen LogP contribution in [0.3, 0.4) is 0 Å². The van der Waals surface area contributed by atoms with Gasteiger partial charge in [-0.05, 0) is 17.7 Å². The molecule has 0 spiro atoms. The summed E-state index contributed by atoms with van der Waals surface area (Å²) >= 11 is 0. The standard InChI is InChI=1S/C14H19N3O4/c1-4-13-16-12(17-21-13)8-20-14-10(18-2)5-9(7-15)6-11(14)19-3/h5-6H,4,7-8,15H2,1-3H3. The molecule has 1 aromatic carbocycles. The van der Waals surface area contributed by atoms with Crippen LogP contribution in [0.25, 0.3) is 0 Å². The van der Waals surface area contributed by atoms with Gasteiger partial charge in [0.2, 0.25) is 17.5 Å². The highest BCUT2D eigenvalue weighted by molar-refractivity contribution is 5.53. The van der Waals surface area contributed by atoms with Gasteiger partial charge in [-0.1, -0.05) is 12.1 Å². The summed E-state index contributed by atoms with van der Waals surface area (Å²) in [4.78, 5) is 4.18. The third kappa shape index (κ3) is 3.43. The van der Waals surface area contributed by atoms with Gasteiger partial charge in [-0.25, -0.2) is 0 Å². The molecule has 2 rings (SSSR count). The molecule has 0 amide bonds. The molecule has 2 N–H and O–H groups in total. The number of hydrogen-bond donors (Lipinski definition) is 1. The highest BCUT2D eigenvalue weighted by Crippen LogP contribution is 2.38. The number of aromatic nitrogens is 2. The summed E-state index contributed by atoms with van der Waals surface area (Å²) in [5, 5.41) is 3.83. The lowest BCUT2D eigenvalue weighted by atomic mass is 10.2. The van der Waals surface area contributed by atoms with Crippen molar-refractivity contribution in [3.05, 3.63) is 29.4 Å². The van der Waals surface area contributed by atoms with Crippen molar-refractivity contribution in [1.29, 1.82) is 0 Å². The van der Waals surface area contributed by atoms with Crippen LogP contribution in [0, 0.1) is 0 Å². The van der Waals surface area contributed by atoms with Crippen molar-refractivity contribution in [3.8, 4) is 17.2 Å². The predicted molar refractivity (Wildman–Crippen MR) is 75.4 cm³/mol. The van der Waals surface area contributed by atoms with Gasteiger partial charge >= 0.3 is 0 Å². The summed E-state index contributed by atoms with van der Waals surface area (Å²) in [5.41, 5.74) is 6.54. The fourth-order valence-electron chi connectivity index (χ4n) is 1.82. The number of ether oxygens (including phenoxy) is 3. The maximum absolute atomic E-state index is 5.72. The van der Waals surface area contributed by atoms with E-state index in [0.717, 1.165) is 5.56 Å². The van der Waals surface area contributed by atoms with Crippen molar-refractivity contribution in [1.82, 2.24) is 10.1 Å². The minimum atomic E-state index is 0.165. The molecule has 0 unspecified atom stereocenters. The van der Waals surface area contributed by atoms with Crippen molar-refractivity contribution in [2.24, 2.45) is 5.73 Å². The molecule has 7 heteroatoms. The van der Waals surface area contributed by atoms with E-state index in [0.29, 0.717) is 41.9 Å². The molecule has 0 fully saturated rings. The van der Waals surface area contributed by atoms with E-state index in [1.165, 1.54) is 0 Å². The zero-order chi connectivity index (χ0) is 15.2. The van der Waals surface area contributed by atoms with Gasteiger partial charge in [0.15, 0.2) is 18.1 Å². The Hall–Kier alpha value is -2.28. The Kier molecular flexibility index (Phi) is 4.99. The zero-order valence-corrected chi connectivity index (χ0v) is 12.4. The molecule has 1 aromatic heterocycles. The minimum Gasteiger partial charge on any atom is -0.493 e. The fourth-order valence-corrected chi connectivity index (χ4v) is 1.82. The number of methoxy groups -OCH3 is 2. The smallest absolute Gasteiger partial charge is 0.226 e. The second-order valence-corrected chi connectivity index (χ2v) is 4.28. The van der Waals surface area contributed by atoms with Gasteiger partial charge in [-0.2, -0.15) is 4.98 Å². The molecule has 0 bridgehead atoms. The Balaban J connectivity index is 2.21. The Labute approximate surface area is 123 Å². The Morgan fingerprint density at radius 1 is 1.19 bits per heavy atom. The van der Waals surface area contributed by atoms with Crippen LogP contribution in [0.4, 0.5) is 0 Å². The van der Waals surface area contributed by atoms with Crippen LogP contribution in [0.15, 0.2) is 16.7 Å². The molecule has 0 radical (unpaired) electrons. The molecular weight excluding hydrogens is 274 g/mol. The van der Waals surface area contributed by atoms with Crippen LogP contribution >= 0.6 is 0 Å². The molecule has 0 atom stereocenters. The van der Waals surface area contributed by atoms with Gasteiger partial charge < -0.3 is 24.5 Å². The SMILES string of the molecule is CCc1nc(COc2c(OC)cc(CN)cc2OC)no1. The maximum Gasteiger partial charge on any atom is 0.226 e. The van der Waals surface area contributed by atoms with Crippen LogP contribution < -0.4 is 19.9 Å². The molecule has 0 saturated carbocycles. The molecule has 1 heterocycles.